The van der Waals surface area contributed by atoms with Crippen LogP contribution in [-0.2, 0) is 11.2 Å². The van der Waals surface area contributed by atoms with Gasteiger partial charge in [-0.25, -0.2) is 0 Å². The summed E-state index contributed by atoms with van der Waals surface area (Å²) in [6.07, 6.45) is 0.701. The van der Waals surface area contributed by atoms with Crippen molar-refractivity contribution in [1.29, 1.82) is 0 Å². The number of fused-ring (bicyclic) bond motifs is 1. The van der Waals surface area contributed by atoms with Gasteiger partial charge in [0.1, 0.15) is 0 Å². The maximum atomic E-state index is 10.8. The molecule has 2 N–H and O–H groups in total. The van der Waals surface area contributed by atoms with E-state index in [1.54, 1.807) is 11.3 Å². The molecule has 19 heavy (non-hydrogen) atoms. The van der Waals surface area contributed by atoms with E-state index in [0.29, 0.717) is 6.42 Å². The number of carbonyl (C=O) groups is 1. The molecule has 0 aliphatic carbocycles. The van der Waals surface area contributed by atoms with Crippen LogP contribution in [0.2, 0.25) is 0 Å². The minimum atomic E-state index is -0.762. The van der Waals surface area contributed by atoms with Gasteiger partial charge in [-0.2, -0.15) is 0 Å². The summed E-state index contributed by atoms with van der Waals surface area (Å²) in [6.45, 7) is 0. The molecule has 0 unspecified atom stereocenters. The number of H-pyrrole nitrogens is 1. The lowest BCUT2D eigenvalue weighted by atomic mass is 10.0. The van der Waals surface area contributed by atoms with Crippen LogP contribution in [0.15, 0.2) is 41.8 Å². The Bertz CT molecular complexity index is 713. The SMILES string of the molecule is O=C(O)CCc1c(-c2cccs2)[nH]c2ccccc12. The van der Waals surface area contributed by atoms with Crippen LogP contribution in [0.5, 0.6) is 0 Å². The van der Waals surface area contributed by atoms with Gasteiger partial charge in [-0.1, -0.05) is 24.3 Å². The Kier molecular flexibility index (Phi) is 3.09. The third kappa shape index (κ3) is 2.27. The van der Waals surface area contributed by atoms with Gasteiger partial charge >= 0.3 is 5.97 Å². The van der Waals surface area contributed by atoms with Gasteiger partial charge in [0, 0.05) is 17.3 Å². The van der Waals surface area contributed by atoms with Crippen molar-refractivity contribution >= 4 is 28.2 Å². The number of aromatic amines is 1. The first-order valence-corrected chi connectivity index (χ1v) is 6.99. The van der Waals surface area contributed by atoms with Crippen molar-refractivity contribution in [2.24, 2.45) is 0 Å². The summed E-state index contributed by atoms with van der Waals surface area (Å²) < 4.78 is 0. The van der Waals surface area contributed by atoms with E-state index in [0.717, 1.165) is 27.0 Å². The molecular weight excluding hydrogens is 258 g/mol. The summed E-state index contributed by atoms with van der Waals surface area (Å²) in [5, 5.41) is 12.0. The van der Waals surface area contributed by atoms with Gasteiger partial charge in [-0.3, -0.25) is 4.79 Å². The largest absolute Gasteiger partial charge is 0.481 e. The third-order valence-electron chi connectivity index (χ3n) is 3.17. The summed E-state index contributed by atoms with van der Waals surface area (Å²) in [4.78, 5) is 15.4. The van der Waals surface area contributed by atoms with Crippen LogP contribution in [0.1, 0.15) is 12.0 Å². The number of hydrogen-bond acceptors (Lipinski definition) is 2. The number of carboxylic acid groups (broad SMARTS) is 1. The molecule has 0 aliphatic heterocycles. The van der Waals surface area contributed by atoms with E-state index in [-0.39, 0.29) is 6.42 Å². The van der Waals surface area contributed by atoms with E-state index in [2.05, 4.69) is 11.1 Å². The van der Waals surface area contributed by atoms with Crippen molar-refractivity contribution in [1.82, 2.24) is 4.98 Å². The van der Waals surface area contributed by atoms with Gasteiger partial charge in [0.25, 0.3) is 0 Å². The maximum Gasteiger partial charge on any atom is 0.303 e. The number of aryl methyl sites for hydroxylation is 1. The molecule has 0 atom stereocenters. The number of carboxylic acids is 1. The van der Waals surface area contributed by atoms with Crippen LogP contribution in [0, 0.1) is 0 Å². The fourth-order valence-electron chi connectivity index (χ4n) is 2.32. The van der Waals surface area contributed by atoms with E-state index in [9.17, 15) is 4.79 Å². The van der Waals surface area contributed by atoms with E-state index in [1.807, 2.05) is 35.7 Å². The highest BCUT2D eigenvalue weighted by Gasteiger charge is 2.14. The minimum absolute atomic E-state index is 0.153. The predicted octanol–water partition coefficient (Wildman–Crippen LogP) is 3.91. The topological polar surface area (TPSA) is 53.1 Å². The molecule has 4 heteroatoms. The molecule has 3 aromatic rings. The van der Waals surface area contributed by atoms with Crippen molar-refractivity contribution in [3.63, 3.8) is 0 Å². The average molecular weight is 271 g/mol. The van der Waals surface area contributed by atoms with Crippen LogP contribution in [-0.4, -0.2) is 16.1 Å². The fourth-order valence-corrected chi connectivity index (χ4v) is 3.08. The standard InChI is InChI=1S/C15H13NO2S/c17-14(18)8-7-11-10-4-1-2-5-12(10)16-15(11)13-6-3-9-19-13/h1-6,9,16H,7-8H2,(H,17,18). The van der Waals surface area contributed by atoms with Gasteiger partial charge in [0.05, 0.1) is 10.6 Å². The Morgan fingerprint density at radius 2 is 2.05 bits per heavy atom. The van der Waals surface area contributed by atoms with Gasteiger partial charge in [-0.15, -0.1) is 11.3 Å². The van der Waals surface area contributed by atoms with Crippen molar-refractivity contribution in [3.8, 4) is 10.6 Å². The molecule has 0 saturated heterocycles. The zero-order chi connectivity index (χ0) is 13.2. The Morgan fingerprint density at radius 1 is 1.21 bits per heavy atom. The van der Waals surface area contributed by atoms with Gasteiger partial charge in [0.2, 0.25) is 0 Å². The highest BCUT2D eigenvalue weighted by atomic mass is 32.1. The zero-order valence-electron chi connectivity index (χ0n) is 10.2. The highest BCUT2D eigenvalue weighted by Crippen LogP contribution is 2.33. The van der Waals surface area contributed by atoms with Crippen LogP contribution < -0.4 is 0 Å². The molecule has 2 aromatic heterocycles. The summed E-state index contributed by atoms with van der Waals surface area (Å²) in [6, 6.07) is 12.1. The van der Waals surface area contributed by atoms with Crippen LogP contribution in [0.4, 0.5) is 0 Å². The number of nitrogens with one attached hydrogen (secondary N) is 1. The Hall–Kier alpha value is -2.07. The molecule has 0 saturated carbocycles. The number of hydrogen-bond donors (Lipinski definition) is 2. The van der Waals surface area contributed by atoms with Crippen LogP contribution in [0.3, 0.4) is 0 Å². The van der Waals surface area contributed by atoms with Crippen molar-refractivity contribution < 1.29 is 9.90 Å². The number of aromatic nitrogens is 1. The Balaban J connectivity index is 2.14. The lowest BCUT2D eigenvalue weighted by molar-refractivity contribution is -0.136. The summed E-state index contributed by atoms with van der Waals surface area (Å²) in [7, 11) is 0. The molecule has 1 aromatic carbocycles. The smallest absolute Gasteiger partial charge is 0.303 e. The second-order valence-electron chi connectivity index (χ2n) is 4.40. The summed E-state index contributed by atoms with van der Waals surface area (Å²) >= 11 is 1.66. The minimum Gasteiger partial charge on any atom is -0.481 e. The molecule has 2 heterocycles. The molecule has 0 aliphatic rings. The van der Waals surface area contributed by atoms with E-state index in [1.165, 1.54) is 0 Å². The zero-order valence-corrected chi connectivity index (χ0v) is 11.0. The first kappa shape index (κ1) is 12.0. The van der Waals surface area contributed by atoms with E-state index in [4.69, 9.17) is 5.11 Å². The Morgan fingerprint density at radius 3 is 2.79 bits per heavy atom. The molecule has 0 fully saturated rings. The average Bonchev–Trinajstić information content (AvgIpc) is 3.03. The van der Waals surface area contributed by atoms with Crippen LogP contribution in [0.25, 0.3) is 21.5 Å². The second kappa shape index (κ2) is 4.90. The van der Waals surface area contributed by atoms with E-state index < -0.39 is 5.97 Å². The molecule has 3 nitrogen and oxygen atoms in total. The molecule has 0 bridgehead atoms. The highest BCUT2D eigenvalue weighted by molar-refractivity contribution is 7.13. The van der Waals surface area contributed by atoms with Gasteiger partial charge in [0.15, 0.2) is 0 Å². The second-order valence-corrected chi connectivity index (χ2v) is 5.34. The number of rotatable bonds is 4. The monoisotopic (exact) mass is 271 g/mol. The summed E-state index contributed by atoms with van der Waals surface area (Å²) in [5.41, 5.74) is 3.21. The summed E-state index contributed by atoms with van der Waals surface area (Å²) in [5.74, 6) is -0.762. The molecule has 0 amide bonds. The fraction of sp³-hybridized carbons (Fsp3) is 0.133. The molecule has 3 rings (SSSR count). The van der Waals surface area contributed by atoms with Crippen molar-refractivity contribution in [2.45, 2.75) is 12.8 Å². The first-order chi connectivity index (χ1) is 9.25. The number of benzene rings is 1. The number of thiophene rings is 1. The molecule has 0 spiro atoms. The number of aliphatic carboxylic acids is 1. The lowest BCUT2D eigenvalue weighted by Gasteiger charge is -2.01. The van der Waals surface area contributed by atoms with E-state index >= 15 is 0 Å². The van der Waals surface area contributed by atoms with Crippen LogP contribution >= 0.6 is 11.3 Å². The maximum absolute atomic E-state index is 10.8. The molecule has 0 radical (unpaired) electrons. The van der Waals surface area contributed by atoms with Crippen molar-refractivity contribution in [3.05, 3.63) is 47.3 Å². The van der Waals surface area contributed by atoms with Gasteiger partial charge < -0.3 is 10.1 Å². The third-order valence-corrected chi connectivity index (χ3v) is 4.06. The normalized spacial score (nSPS) is 10.9. The van der Waals surface area contributed by atoms with Crippen molar-refractivity contribution in [2.75, 3.05) is 0 Å². The molecular formula is C15H13NO2S. The molecule has 96 valence electrons. The number of para-hydroxylation sites is 1. The predicted molar refractivity (Wildman–Crippen MR) is 77.6 cm³/mol. The lowest BCUT2D eigenvalue weighted by Crippen LogP contribution is -1.97. The first-order valence-electron chi connectivity index (χ1n) is 6.11. The van der Waals surface area contributed by atoms with Gasteiger partial charge in [-0.05, 0) is 29.5 Å². The Labute approximate surface area is 114 Å². The quantitative estimate of drug-likeness (QED) is 0.755.